The monoisotopic (exact) mass is 1980 g/mol. The summed E-state index contributed by atoms with van der Waals surface area (Å²) in [4.78, 5) is 0. The molecule has 0 aromatic heterocycles. The molecule has 17 heteroatoms. The largest absolute Gasteiger partial charge is 0.378 e. The minimum absolute atomic E-state index is 0.00407. The summed E-state index contributed by atoms with van der Waals surface area (Å²) in [5, 5.41) is 3.88. The molecule has 778 valence electrons. The van der Waals surface area contributed by atoms with E-state index < -0.39 is 52.4 Å². The fourth-order valence-corrected chi connectivity index (χ4v) is 17.3. The highest BCUT2D eigenvalue weighted by molar-refractivity contribution is 5.86. The summed E-state index contributed by atoms with van der Waals surface area (Å²) >= 11 is 0. The Balaban J connectivity index is 0.000000235. The van der Waals surface area contributed by atoms with Crippen molar-refractivity contribution in [1.82, 2.24) is 0 Å². The number of halogens is 13. The van der Waals surface area contributed by atoms with Gasteiger partial charge in [-0.15, -0.1) is 0 Å². The number of allylic oxidation sites excluding steroid dienone is 4. The van der Waals surface area contributed by atoms with Crippen molar-refractivity contribution < 1.29 is 76.0 Å². The van der Waals surface area contributed by atoms with E-state index in [2.05, 4.69) is 151 Å². The van der Waals surface area contributed by atoms with Crippen LogP contribution in [-0.4, -0.2) is 44.9 Å². The van der Waals surface area contributed by atoms with Crippen LogP contribution in [0.15, 0.2) is 187 Å². The number of rotatable bonds is 0. The summed E-state index contributed by atoms with van der Waals surface area (Å²) in [5.41, 5.74) is 13.2. The molecular formula is C125H163F13O4. The lowest BCUT2D eigenvalue weighted by Gasteiger charge is -2.50. The second-order valence-electron chi connectivity index (χ2n) is 42.3. The van der Waals surface area contributed by atoms with Gasteiger partial charge in [-0.2, -0.15) is 0 Å². The Bertz CT molecular complexity index is 5480. The van der Waals surface area contributed by atoms with E-state index in [0.717, 1.165) is 109 Å². The second-order valence-corrected chi connectivity index (χ2v) is 42.3. The van der Waals surface area contributed by atoms with Crippen LogP contribution in [0.25, 0.3) is 32.3 Å². The Morgan fingerprint density at radius 1 is 0.254 bits per heavy atom. The van der Waals surface area contributed by atoms with Crippen LogP contribution in [0.5, 0.6) is 0 Å². The average Bonchev–Trinajstić information content (AvgIpc) is 0.768. The summed E-state index contributed by atoms with van der Waals surface area (Å²) < 4.78 is 191. The van der Waals surface area contributed by atoms with Crippen molar-refractivity contribution in [2.45, 2.75) is 321 Å². The molecule has 11 aromatic rings. The predicted molar refractivity (Wildman–Crippen MR) is 567 cm³/mol. The molecule has 0 radical (unpaired) electrons. The minimum Gasteiger partial charge on any atom is -0.378 e. The summed E-state index contributed by atoms with van der Waals surface area (Å²) in [6.45, 7) is 55.8. The van der Waals surface area contributed by atoms with E-state index in [1.807, 2.05) is 45.9 Å². The highest BCUT2D eigenvalue weighted by atomic mass is 19.2. The third-order valence-corrected chi connectivity index (χ3v) is 28.1. The lowest BCUT2D eigenvalue weighted by Crippen LogP contribution is -2.37. The van der Waals surface area contributed by atoms with Crippen LogP contribution >= 0.6 is 0 Å². The quantitative estimate of drug-likeness (QED) is 0.142. The highest BCUT2D eigenvalue weighted by Crippen LogP contribution is 2.56. The Morgan fingerprint density at radius 2 is 0.577 bits per heavy atom. The zero-order valence-electron chi connectivity index (χ0n) is 90.0. The molecule has 6 aliphatic carbocycles. The van der Waals surface area contributed by atoms with Crippen LogP contribution in [0.1, 0.15) is 281 Å². The van der Waals surface area contributed by atoms with Crippen LogP contribution in [0, 0.1) is 227 Å². The van der Waals surface area contributed by atoms with Gasteiger partial charge >= 0.3 is 0 Å². The van der Waals surface area contributed by atoms with Gasteiger partial charge in [0.2, 0.25) is 0 Å². The molecule has 0 amide bonds. The van der Waals surface area contributed by atoms with Crippen molar-refractivity contribution in [1.29, 1.82) is 0 Å². The maximum Gasteiger partial charge on any atom is 0.161 e. The molecule has 6 atom stereocenters. The molecule has 20 rings (SSSR count). The number of fused-ring (bicyclic) bond motifs is 7. The summed E-state index contributed by atoms with van der Waals surface area (Å²) in [5.74, 6) is -1.81. The van der Waals surface area contributed by atoms with Gasteiger partial charge in [-0.05, 0) is 359 Å². The van der Waals surface area contributed by atoms with E-state index in [-0.39, 0.29) is 74.4 Å². The maximum atomic E-state index is 13.6. The van der Waals surface area contributed by atoms with Crippen molar-refractivity contribution >= 4 is 32.3 Å². The smallest absolute Gasteiger partial charge is 0.161 e. The van der Waals surface area contributed by atoms with Gasteiger partial charge in [0.15, 0.2) is 17.9 Å². The number of benzene rings is 11. The molecule has 8 fully saturated rings. The van der Waals surface area contributed by atoms with Gasteiger partial charge in [-0.25, -0.2) is 57.1 Å². The summed E-state index contributed by atoms with van der Waals surface area (Å²) in [6.07, 6.45) is 26.8. The van der Waals surface area contributed by atoms with E-state index >= 15 is 0 Å². The Hall–Kier alpha value is -9.39. The van der Waals surface area contributed by atoms with Gasteiger partial charge in [0.1, 0.15) is 64.0 Å². The third kappa shape index (κ3) is 40.9. The van der Waals surface area contributed by atoms with Crippen LogP contribution in [0.4, 0.5) is 57.1 Å². The molecule has 4 nitrogen and oxygen atoms in total. The van der Waals surface area contributed by atoms with Gasteiger partial charge < -0.3 is 18.9 Å². The molecule has 3 aliphatic heterocycles. The van der Waals surface area contributed by atoms with Gasteiger partial charge in [-0.3, -0.25) is 0 Å². The van der Waals surface area contributed by atoms with Crippen LogP contribution in [0.2, 0.25) is 0 Å². The van der Waals surface area contributed by atoms with Crippen molar-refractivity contribution in [3.8, 4) is 0 Å². The minimum atomic E-state index is -0.736. The van der Waals surface area contributed by atoms with Crippen molar-refractivity contribution in [2.24, 2.45) is 52.3 Å². The van der Waals surface area contributed by atoms with Crippen LogP contribution in [0.3, 0.4) is 0 Å². The standard InChI is InChI=1S/C12H9F3.C12H10F2.C12H12.C11H14F2.C10H18.2C8H8F2.2C8H9F.C8H16.C8H10.2C7H14O.C6H12O2/c1-6-3-4-8-9(11(6)14)5-10(13)7(2)12(8)15;1-7-3-4-10-9(5-7)6-11(13)8(2)12(10)14;1-9-3-5-12-8-10(2)4-6-11(12)7-9;1-7-10(12)6-8-4-2-3-5-9(8)11(7)13;1-9-3-6-10(2,7-4-9)8-5-9;1-5-3-7(9)6(2)8(10)4-5;1-5-3-4-6(2)8(10)7(5)9;2*1-6-3-4-7(2)8(9)5-6;2*1-7-3-5-8(2)6-4-7;2*1-6-3-4-7(2)8-5-6;1-5-3-7-6(2)8-4-5/h3-5H,1-2H3;3-6H,1-2H3;3-8H,1-2H3;6,8-9H,2-5H2,1H3;3-8H2,1-2H3;2*3-4H,1-2H3;2*3-5H,1-2H3;7-8H,3-6H2,1-2H3;3-6H,1-2H3;2*6-7H,3-5H2,1-2H3;5-6H,3-4H2,1-2H3. The molecule has 9 aliphatic rings. The number of ether oxygens (including phenoxy) is 4. The van der Waals surface area contributed by atoms with Crippen molar-refractivity contribution in [3.05, 3.63) is 340 Å². The van der Waals surface area contributed by atoms with Gasteiger partial charge in [-0.1, -0.05) is 242 Å². The van der Waals surface area contributed by atoms with Gasteiger partial charge in [0.25, 0.3) is 0 Å². The molecule has 0 spiro atoms. The fourth-order valence-electron chi connectivity index (χ4n) is 17.3. The van der Waals surface area contributed by atoms with E-state index in [9.17, 15) is 57.1 Å². The molecule has 142 heavy (non-hydrogen) atoms. The zero-order valence-corrected chi connectivity index (χ0v) is 90.0. The molecule has 6 unspecified atom stereocenters. The molecule has 5 saturated carbocycles. The number of aryl methyl sites for hydroxylation is 13. The lowest BCUT2D eigenvalue weighted by molar-refractivity contribution is -0.187. The van der Waals surface area contributed by atoms with E-state index in [1.54, 1.807) is 70.2 Å². The Morgan fingerprint density at radius 3 is 0.972 bits per heavy atom. The van der Waals surface area contributed by atoms with Gasteiger partial charge in [0, 0.05) is 63.5 Å². The summed E-state index contributed by atoms with van der Waals surface area (Å²) in [6, 6.07) is 48.4. The first-order valence-corrected chi connectivity index (χ1v) is 51.1. The summed E-state index contributed by atoms with van der Waals surface area (Å²) in [7, 11) is 0. The zero-order chi connectivity index (χ0) is 106. The first-order chi connectivity index (χ1) is 66.8. The van der Waals surface area contributed by atoms with E-state index in [0.29, 0.717) is 62.3 Å². The second kappa shape index (κ2) is 59.3. The normalized spacial score (nSPS) is 22.1. The third-order valence-electron chi connectivity index (χ3n) is 28.1. The number of hydrogen-bond acceptors (Lipinski definition) is 4. The fraction of sp³-hybridized carbons (Fsp3) is 0.488. The highest BCUT2D eigenvalue weighted by Gasteiger charge is 2.43. The molecule has 2 bridgehead atoms. The SMILES string of the molecule is CC12CCC(C)(CC1)CC2.CC1=C(F)C2CCCCC2C=C1F.CC1CCC(C)CC1.CC1CCC(C)OC1.CC1CCC(C)OC1.CC1COC(C)OC1.Cc1cc(F)c(C)c(F)c1.Cc1ccc(C)c(F)c1.Cc1ccc(C)c(F)c1.Cc1ccc(C)c(F)c1F.Cc1ccc(C)cc1.Cc1ccc2c(F)c(C)c(F)cc2c1.Cc1ccc2c(F)c(C)c(F)cc2c1F.Cc1ccc2cc(C)ccc2c1. The van der Waals surface area contributed by atoms with E-state index in [1.165, 1.54) is 207 Å². The van der Waals surface area contributed by atoms with Crippen molar-refractivity contribution in [3.63, 3.8) is 0 Å². The van der Waals surface area contributed by atoms with Crippen molar-refractivity contribution in [2.75, 3.05) is 26.4 Å². The topological polar surface area (TPSA) is 36.9 Å². The molecular weight excluding hydrogens is 1810 g/mol. The molecule has 11 aromatic carbocycles. The lowest BCUT2D eigenvalue weighted by atomic mass is 9.55. The van der Waals surface area contributed by atoms with Gasteiger partial charge in [0.05, 0.1) is 25.4 Å². The molecule has 3 heterocycles. The molecule has 3 saturated heterocycles. The Labute approximate surface area is 843 Å². The van der Waals surface area contributed by atoms with Crippen LogP contribution < -0.4 is 0 Å². The Kier molecular flexibility index (Phi) is 50.6. The van der Waals surface area contributed by atoms with Crippen LogP contribution in [-0.2, 0) is 18.9 Å². The number of hydrogen-bond donors (Lipinski definition) is 0. The van der Waals surface area contributed by atoms with E-state index in [4.69, 9.17) is 18.9 Å². The predicted octanol–water partition coefficient (Wildman–Crippen LogP) is 38.2. The first kappa shape index (κ1) is 121. The first-order valence-electron chi connectivity index (χ1n) is 51.1. The average molecular weight is 1980 g/mol. The molecule has 0 N–H and O–H groups in total. The maximum absolute atomic E-state index is 13.6.